The predicted octanol–water partition coefficient (Wildman–Crippen LogP) is 2.83. The Bertz CT molecular complexity index is 549. The van der Waals surface area contributed by atoms with Crippen molar-refractivity contribution in [1.29, 1.82) is 0 Å². The van der Waals surface area contributed by atoms with Crippen molar-refractivity contribution < 1.29 is 19.5 Å². The third-order valence-electron chi connectivity index (χ3n) is 3.60. The predicted molar refractivity (Wildman–Crippen MR) is 88.4 cm³/mol. The number of carboxylic acids is 1. The van der Waals surface area contributed by atoms with Gasteiger partial charge in [-0.2, -0.15) is 0 Å². The van der Waals surface area contributed by atoms with Gasteiger partial charge in [-0.1, -0.05) is 45.0 Å². The molecule has 1 rings (SSSR count). The van der Waals surface area contributed by atoms with Crippen molar-refractivity contribution in [3.8, 4) is 0 Å². The molecule has 0 aromatic heterocycles. The van der Waals surface area contributed by atoms with Crippen LogP contribution in [0.2, 0.25) is 0 Å². The third kappa shape index (κ3) is 6.63. The molecule has 1 aromatic carbocycles. The number of Topliss-reactive ketones (excluding diaryl/α,β-unsaturated/α-hetero) is 1. The molecule has 0 heterocycles. The summed E-state index contributed by atoms with van der Waals surface area (Å²) in [4.78, 5) is 35.0. The van der Waals surface area contributed by atoms with Crippen molar-refractivity contribution in [3.63, 3.8) is 0 Å². The van der Waals surface area contributed by atoms with Crippen molar-refractivity contribution >= 4 is 17.7 Å². The van der Waals surface area contributed by atoms with Gasteiger partial charge >= 0.3 is 5.97 Å². The van der Waals surface area contributed by atoms with E-state index in [1.165, 1.54) is 0 Å². The van der Waals surface area contributed by atoms with Crippen LogP contribution in [0.5, 0.6) is 0 Å². The molecule has 1 aromatic rings. The van der Waals surface area contributed by atoms with Gasteiger partial charge in [-0.3, -0.25) is 9.59 Å². The SMILES string of the molecule is CCc1ccc(C(=O)CCC(=O)NC(CC(C)C)C(=O)O)cc1. The Morgan fingerprint density at radius 2 is 1.70 bits per heavy atom. The largest absolute Gasteiger partial charge is 0.480 e. The smallest absolute Gasteiger partial charge is 0.326 e. The van der Waals surface area contributed by atoms with Crippen LogP contribution in [-0.4, -0.2) is 28.8 Å². The van der Waals surface area contributed by atoms with E-state index in [-0.39, 0.29) is 24.5 Å². The van der Waals surface area contributed by atoms with Crippen LogP contribution < -0.4 is 5.32 Å². The van der Waals surface area contributed by atoms with Crippen molar-refractivity contribution in [3.05, 3.63) is 35.4 Å². The number of nitrogens with one attached hydrogen (secondary N) is 1. The van der Waals surface area contributed by atoms with Crippen LogP contribution in [0.3, 0.4) is 0 Å². The number of hydrogen-bond acceptors (Lipinski definition) is 3. The molecule has 1 amide bonds. The van der Waals surface area contributed by atoms with Crippen LogP contribution in [0.4, 0.5) is 0 Å². The van der Waals surface area contributed by atoms with Gasteiger partial charge in [-0.05, 0) is 24.3 Å². The van der Waals surface area contributed by atoms with Gasteiger partial charge in [-0.25, -0.2) is 4.79 Å². The molecule has 1 atom stereocenters. The van der Waals surface area contributed by atoms with E-state index < -0.39 is 17.9 Å². The van der Waals surface area contributed by atoms with E-state index in [0.29, 0.717) is 12.0 Å². The number of aliphatic carboxylic acids is 1. The number of carbonyl (C=O) groups excluding carboxylic acids is 2. The maximum Gasteiger partial charge on any atom is 0.326 e. The Hall–Kier alpha value is -2.17. The Morgan fingerprint density at radius 3 is 2.17 bits per heavy atom. The summed E-state index contributed by atoms with van der Waals surface area (Å²) in [7, 11) is 0. The number of carbonyl (C=O) groups is 3. The fourth-order valence-electron chi connectivity index (χ4n) is 2.26. The van der Waals surface area contributed by atoms with Gasteiger partial charge in [0.15, 0.2) is 5.78 Å². The van der Waals surface area contributed by atoms with Crippen LogP contribution >= 0.6 is 0 Å². The molecule has 23 heavy (non-hydrogen) atoms. The van der Waals surface area contributed by atoms with Crippen molar-refractivity contribution in [2.24, 2.45) is 5.92 Å². The number of ketones is 1. The normalized spacial score (nSPS) is 12.0. The summed E-state index contributed by atoms with van der Waals surface area (Å²) in [5.41, 5.74) is 1.73. The molecular formula is C18H25NO4. The van der Waals surface area contributed by atoms with E-state index >= 15 is 0 Å². The molecule has 5 heteroatoms. The second-order valence-corrected chi connectivity index (χ2v) is 6.06. The first-order valence-electron chi connectivity index (χ1n) is 7.97. The van der Waals surface area contributed by atoms with Gasteiger partial charge in [0, 0.05) is 18.4 Å². The van der Waals surface area contributed by atoms with Crippen LogP contribution in [0.1, 0.15) is 56.0 Å². The zero-order chi connectivity index (χ0) is 17.4. The molecule has 1 unspecified atom stereocenters. The highest BCUT2D eigenvalue weighted by atomic mass is 16.4. The molecule has 0 saturated carbocycles. The first-order valence-corrected chi connectivity index (χ1v) is 7.97. The summed E-state index contributed by atoms with van der Waals surface area (Å²) in [6, 6.07) is 6.42. The average molecular weight is 319 g/mol. The molecule has 126 valence electrons. The molecule has 0 fully saturated rings. The van der Waals surface area contributed by atoms with E-state index in [2.05, 4.69) is 5.32 Å². The number of hydrogen-bond donors (Lipinski definition) is 2. The summed E-state index contributed by atoms with van der Waals surface area (Å²) < 4.78 is 0. The maximum absolute atomic E-state index is 12.0. The van der Waals surface area contributed by atoms with Crippen molar-refractivity contribution in [2.75, 3.05) is 0 Å². The number of rotatable bonds is 9. The Kier molecular flexibility index (Phi) is 7.45. The lowest BCUT2D eigenvalue weighted by Crippen LogP contribution is -2.41. The second-order valence-electron chi connectivity index (χ2n) is 6.06. The quantitative estimate of drug-likeness (QED) is 0.686. The Morgan fingerprint density at radius 1 is 1.09 bits per heavy atom. The van der Waals surface area contributed by atoms with Gasteiger partial charge in [-0.15, -0.1) is 0 Å². The fourth-order valence-corrected chi connectivity index (χ4v) is 2.26. The van der Waals surface area contributed by atoms with Crippen LogP contribution in [0.25, 0.3) is 0 Å². The molecule has 0 saturated heterocycles. The summed E-state index contributed by atoms with van der Waals surface area (Å²) in [5, 5.41) is 11.6. The van der Waals surface area contributed by atoms with E-state index in [1.54, 1.807) is 12.1 Å². The Balaban J connectivity index is 2.50. The number of amides is 1. The summed E-state index contributed by atoms with van der Waals surface area (Å²) >= 11 is 0. The van der Waals surface area contributed by atoms with Gasteiger partial charge in [0.1, 0.15) is 6.04 Å². The number of benzene rings is 1. The first-order chi connectivity index (χ1) is 10.8. The van der Waals surface area contributed by atoms with Gasteiger partial charge in [0.2, 0.25) is 5.91 Å². The van der Waals surface area contributed by atoms with E-state index in [1.807, 2.05) is 32.9 Å². The number of carboxylic acid groups (broad SMARTS) is 1. The standard InChI is InChI=1S/C18H25NO4/c1-4-13-5-7-14(8-6-13)16(20)9-10-17(21)19-15(18(22)23)11-12(2)3/h5-8,12,15H,4,9-11H2,1-3H3,(H,19,21)(H,22,23). The summed E-state index contributed by atoms with van der Waals surface area (Å²) in [6.07, 6.45) is 1.35. The van der Waals surface area contributed by atoms with E-state index in [9.17, 15) is 14.4 Å². The zero-order valence-corrected chi connectivity index (χ0v) is 14.0. The number of aryl methyl sites for hydroxylation is 1. The molecule has 0 spiro atoms. The third-order valence-corrected chi connectivity index (χ3v) is 3.60. The van der Waals surface area contributed by atoms with E-state index in [0.717, 1.165) is 12.0 Å². The summed E-state index contributed by atoms with van der Waals surface area (Å²) in [6.45, 7) is 5.83. The Labute approximate surface area is 137 Å². The lowest BCUT2D eigenvalue weighted by atomic mass is 10.0. The fraction of sp³-hybridized carbons (Fsp3) is 0.500. The average Bonchev–Trinajstić information content (AvgIpc) is 2.51. The minimum atomic E-state index is -1.05. The van der Waals surface area contributed by atoms with Crippen molar-refractivity contribution in [2.45, 2.75) is 52.5 Å². The molecular weight excluding hydrogens is 294 g/mol. The molecule has 0 radical (unpaired) electrons. The van der Waals surface area contributed by atoms with E-state index in [4.69, 9.17) is 5.11 Å². The molecule has 2 N–H and O–H groups in total. The molecule has 0 aliphatic rings. The van der Waals surface area contributed by atoms with Gasteiger partial charge in [0.05, 0.1) is 0 Å². The minimum Gasteiger partial charge on any atom is -0.480 e. The van der Waals surface area contributed by atoms with Crippen LogP contribution in [0, 0.1) is 5.92 Å². The lowest BCUT2D eigenvalue weighted by molar-refractivity contribution is -0.142. The highest BCUT2D eigenvalue weighted by Gasteiger charge is 2.21. The van der Waals surface area contributed by atoms with Crippen LogP contribution in [-0.2, 0) is 16.0 Å². The topological polar surface area (TPSA) is 83.5 Å². The lowest BCUT2D eigenvalue weighted by Gasteiger charge is -2.16. The highest BCUT2D eigenvalue weighted by molar-refractivity contribution is 5.98. The molecule has 0 bridgehead atoms. The van der Waals surface area contributed by atoms with Crippen LogP contribution in [0.15, 0.2) is 24.3 Å². The highest BCUT2D eigenvalue weighted by Crippen LogP contribution is 2.10. The first kappa shape index (κ1) is 18.9. The zero-order valence-electron chi connectivity index (χ0n) is 14.0. The van der Waals surface area contributed by atoms with Crippen molar-refractivity contribution in [1.82, 2.24) is 5.32 Å². The molecule has 0 aliphatic heterocycles. The summed E-state index contributed by atoms with van der Waals surface area (Å²) in [5.74, 6) is -1.40. The minimum absolute atomic E-state index is 0.00373. The maximum atomic E-state index is 12.0. The monoisotopic (exact) mass is 319 g/mol. The molecule has 5 nitrogen and oxygen atoms in total. The second kappa shape index (κ2) is 9.08. The molecule has 0 aliphatic carbocycles. The van der Waals surface area contributed by atoms with Gasteiger partial charge < -0.3 is 10.4 Å². The van der Waals surface area contributed by atoms with Gasteiger partial charge in [0.25, 0.3) is 0 Å².